The van der Waals surface area contributed by atoms with Crippen molar-refractivity contribution in [2.24, 2.45) is 11.8 Å². The van der Waals surface area contributed by atoms with E-state index in [0.29, 0.717) is 5.92 Å². The Labute approximate surface area is 72.0 Å². The van der Waals surface area contributed by atoms with Crippen molar-refractivity contribution in [3.05, 3.63) is 24.8 Å². The Morgan fingerprint density at radius 2 is 1.91 bits per heavy atom. The zero-order valence-corrected chi connectivity index (χ0v) is 7.30. The highest BCUT2D eigenvalue weighted by Gasteiger charge is 2.05. The summed E-state index contributed by atoms with van der Waals surface area (Å²) in [6.45, 7) is 10.3. The first kappa shape index (κ1) is 13.1. The lowest BCUT2D eigenvalue weighted by Crippen LogP contribution is -2.03. The van der Waals surface area contributed by atoms with E-state index >= 15 is 0 Å². The first-order valence-corrected chi connectivity index (χ1v) is 3.96. The van der Waals surface area contributed by atoms with Gasteiger partial charge in [-0.2, -0.15) is 0 Å². The van der Waals surface area contributed by atoms with E-state index in [9.17, 15) is 0 Å². The molecule has 0 spiro atoms. The maximum Gasteiger partial charge on any atom is -0.0176 e. The first-order chi connectivity index (χ1) is 4.72. The molecule has 0 fully saturated rings. The molecule has 0 aromatic heterocycles. The van der Waals surface area contributed by atoms with E-state index in [1.54, 1.807) is 0 Å². The predicted octanol–water partition coefficient (Wildman–Crippen LogP) is 4.05. The quantitative estimate of drug-likeness (QED) is 0.536. The van der Waals surface area contributed by atoms with Crippen LogP contribution < -0.4 is 0 Å². The summed E-state index contributed by atoms with van der Waals surface area (Å²) in [6.07, 6.45) is 7.47. The Kier molecular flexibility index (Phi) is 9.03. The largest absolute Gasteiger partial charge is 0.103 e. The van der Waals surface area contributed by atoms with Gasteiger partial charge in [-0.15, -0.1) is 6.58 Å². The van der Waals surface area contributed by atoms with Crippen LogP contribution >= 0.6 is 0 Å². The van der Waals surface area contributed by atoms with E-state index < -0.39 is 0 Å². The third-order valence-electron chi connectivity index (χ3n) is 1.73. The van der Waals surface area contributed by atoms with E-state index in [2.05, 4.69) is 39.5 Å². The monoisotopic (exact) mass is 154 g/mol. The van der Waals surface area contributed by atoms with Crippen molar-refractivity contribution in [1.29, 1.82) is 0 Å². The zero-order chi connectivity index (χ0) is 7.98. The maximum absolute atomic E-state index is 3.73. The van der Waals surface area contributed by atoms with Crippen LogP contribution in [0.15, 0.2) is 24.8 Å². The number of hydrogen-bond donors (Lipinski definition) is 0. The summed E-state index contributed by atoms with van der Waals surface area (Å²) >= 11 is 0. The fourth-order valence-electron chi connectivity index (χ4n) is 1.01. The molecule has 0 saturated heterocycles. The topological polar surface area (TPSA) is 0 Å². The van der Waals surface area contributed by atoms with Gasteiger partial charge >= 0.3 is 0 Å². The number of rotatable bonds is 4. The first-order valence-electron chi connectivity index (χ1n) is 3.96. The molecule has 0 amide bonds. The summed E-state index contributed by atoms with van der Waals surface area (Å²) in [7, 11) is 0. The van der Waals surface area contributed by atoms with Crippen LogP contribution in [0.5, 0.6) is 0 Å². The van der Waals surface area contributed by atoms with E-state index in [4.69, 9.17) is 0 Å². The zero-order valence-electron chi connectivity index (χ0n) is 7.30. The van der Waals surface area contributed by atoms with Crippen molar-refractivity contribution >= 4 is 0 Å². The van der Waals surface area contributed by atoms with Crippen LogP contribution in [0.4, 0.5) is 0 Å². The fourth-order valence-corrected chi connectivity index (χ4v) is 1.01. The van der Waals surface area contributed by atoms with Gasteiger partial charge in [-0.3, -0.25) is 0 Å². The number of hydrogen-bond acceptors (Lipinski definition) is 0. The van der Waals surface area contributed by atoms with Crippen molar-refractivity contribution < 1.29 is 0 Å². The van der Waals surface area contributed by atoms with Gasteiger partial charge in [0.1, 0.15) is 0 Å². The van der Waals surface area contributed by atoms with E-state index in [1.165, 1.54) is 0 Å². The number of allylic oxidation sites excluding steroid dienone is 3. The van der Waals surface area contributed by atoms with Crippen molar-refractivity contribution in [3.63, 3.8) is 0 Å². The van der Waals surface area contributed by atoms with Gasteiger partial charge in [0.25, 0.3) is 0 Å². The minimum atomic E-state index is 0. The molecule has 0 aromatic rings. The van der Waals surface area contributed by atoms with Crippen molar-refractivity contribution in [1.82, 2.24) is 0 Å². The molecular weight excluding hydrogens is 132 g/mol. The molecule has 0 radical (unpaired) electrons. The second-order valence-corrected chi connectivity index (χ2v) is 2.96. The molecule has 0 aromatic carbocycles. The fraction of sp³-hybridized carbons (Fsp3) is 0.636. The van der Waals surface area contributed by atoms with Crippen LogP contribution in [0, 0.1) is 11.8 Å². The molecule has 0 aliphatic heterocycles. The molecular formula is C11H22. The summed E-state index contributed by atoms with van der Waals surface area (Å²) in [4.78, 5) is 0. The van der Waals surface area contributed by atoms with Crippen LogP contribution in [-0.4, -0.2) is 0 Å². The third-order valence-corrected chi connectivity index (χ3v) is 1.73. The molecule has 0 N–H and O–H groups in total. The summed E-state index contributed by atoms with van der Waals surface area (Å²) in [6, 6.07) is 0. The van der Waals surface area contributed by atoms with Gasteiger partial charge in [0.05, 0.1) is 0 Å². The minimum absolute atomic E-state index is 0. The summed E-state index contributed by atoms with van der Waals surface area (Å²) < 4.78 is 0. The van der Waals surface area contributed by atoms with Gasteiger partial charge in [-0.25, -0.2) is 0 Å². The molecule has 0 rings (SSSR count). The highest BCUT2D eigenvalue weighted by molar-refractivity contribution is 4.90. The van der Waals surface area contributed by atoms with Crippen molar-refractivity contribution in [2.75, 3.05) is 0 Å². The average Bonchev–Trinajstić information content (AvgIpc) is 1.87. The summed E-state index contributed by atoms with van der Waals surface area (Å²) in [5, 5.41) is 0. The lowest BCUT2D eigenvalue weighted by atomic mass is 9.92. The van der Waals surface area contributed by atoms with Crippen LogP contribution in [0.2, 0.25) is 0 Å². The lowest BCUT2D eigenvalue weighted by Gasteiger charge is -2.13. The predicted molar refractivity (Wildman–Crippen MR) is 54.7 cm³/mol. The Morgan fingerprint density at radius 3 is 2.18 bits per heavy atom. The van der Waals surface area contributed by atoms with Gasteiger partial charge in [0.15, 0.2) is 0 Å². The second kappa shape index (κ2) is 7.59. The van der Waals surface area contributed by atoms with Crippen LogP contribution in [0.3, 0.4) is 0 Å². The van der Waals surface area contributed by atoms with Crippen LogP contribution in [0.25, 0.3) is 0 Å². The van der Waals surface area contributed by atoms with Gasteiger partial charge < -0.3 is 0 Å². The molecule has 0 nitrogen and oxygen atoms in total. The Balaban J connectivity index is 0. The standard InChI is InChI=1S/C10H18.CH4/c1-5-7-10(8-6-2)9(3)4;/h5-6,8-10H,1,7H2,2-4H3;1H4/b8-6+;/t10-;/m1./s1. The summed E-state index contributed by atoms with van der Waals surface area (Å²) in [5.41, 5.74) is 0. The average molecular weight is 154 g/mol. The van der Waals surface area contributed by atoms with E-state index in [1.807, 2.05) is 6.08 Å². The molecule has 1 atom stereocenters. The Morgan fingerprint density at radius 1 is 1.36 bits per heavy atom. The van der Waals surface area contributed by atoms with E-state index in [0.717, 1.165) is 12.3 Å². The molecule has 0 heterocycles. The van der Waals surface area contributed by atoms with Gasteiger partial charge in [0.2, 0.25) is 0 Å². The van der Waals surface area contributed by atoms with Crippen LogP contribution in [0.1, 0.15) is 34.6 Å². The molecule has 11 heavy (non-hydrogen) atoms. The molecule has 0 aliphatic carbocycles. The summed E-state index contributed by atoms with van der Waals surface area (Å²) in [5.74, 6) is 1.41. The van der Waals surface area contributed by atoms with Crippen LogP contribution in [-0.2, 0) is 0 Å². The lowest BCUT2D eigenvalue weighted by molar-refractivity contribution is 0.470. The Bertz CT molecular complexity index is 109. The van der Waals surface area contributed by atoms with Gasteiger partial charge in [0, 0.05) is 0 Å². The molecule has 0 saturated carbocycles. The Hall–Kier alpha value is -0.520. The normalized spacial score (nSPS) is 13.1. The van der Waals surface area contributed by atoms with Gasteiger partial charge in [-0.1, -0.05) is 39.5 Å². The molecule has 0 unspecified atom stereocenters. The maximum atomic E-state index is 3.73. The van der Waals surface area contributed by atoms with E-state index in [-0.39, 0.29) is 7.43 Å². The highest BCUT2D eigenvalue weighted by Crippen LogP contribution is 2.16. The molecule has 66 valence electrons. The minimum Gasteiger partial charge on any atom is -0.103 e. The highest BCUT2D eigenvalue weighted by atomic mass is 14.1. The second-order valence-electron chi connectivity index (χ2n) is 2.96. The molecule has 0 aliphatic rings. The van der Waals surface area contributed by atoms with Crippen molar-refractivity contribution in [2.45, 2.75) is 34.6 Å². The smallest absolute Gasteiger partial charge is 0.0176 e. The third kappa shape index (κ3) is 5.90. The molecule has 0 heteroatoms. The SMILES string of the molecule is C.C=CC[C@H](/C=C/C)C(C)C. The van der Waals surface area contributed by atoms with Gasteiger partial charge in [-0.05, 0) is 25.2 Å². The molecule has 0 bridgehead atoms. The van der Waals surface area contributed by atoms with Crippen molar-refractivity contribution in [3.8, 4) is 0 Å².